The van der Waals surface area contributed by atoms with Crippen molar-refractivity contribution in [1.82, 2.24) is 10.2 Å². The van der Waals surface area contributed by atoms with E-state index < -0.39 is 0 Å². The number of nitrogens with zero attached hydrogens (tertiary/aromatic N) is 1. The molecule has 2 rings (SSSR count). The van der Waals surface area contributed by atoms with Gasteiger partial charge in [-0.2, -0.15) is 0 Å². The van der Waals surface area contributed by atoms with E-state index in [1.165, 1.54) is 0 Å². The highest BCUT2D eigenvalue weighted by atomic mass is 16.3. The zero-order valence-corrected chi connectivity index (χ0v) is 14.4. The van der Waals surface area contributed by atoms with Crippen LogP contribution in [0.3, 0.4) is 0 Å². The van der Waals surface area contributed by atoms with Crippen molar-refractivity contribution in [3.63, 3.8) is 0 Å². The average molecular weight is 326 g/mol. The van der Waals surface area contributed by atoms with Crippen LogP contribution in [-0.2, 0) is 4.79 Å². The molecule has 0 saturated heterocycles. The molecular weight excluding hydrogens is 300 g/mol. The number of nitrogens with one attached hydrogen (secondary N) is 1. The van der Waals surface area contributed by atoms with Gasteiger partial charge >= 0.3 is 0 Å². The van der Waals surface area contributed by atoms with Crippen LogP contribution in [0.4, 0.5) is 0 Å². The van der Waals surface area contributed by atoms with E-state index in [4.69, 9.17) is 0 Å². The molecule has 0 aliphatic heterocycles. The molecule has 0 radical (unpaired) electrons. The predicted octanol–water partition coefficient (Wildman–Crippen LogP) is 2.98. The van der Waals surface area contributed by atoms with Gasteiger partial charge in [-0.05, 0) is 38.7 Å². The second-order valence-electron chi connectivity index (χ2n) is 6.23. The highest BCUT2D eigenvalue weighted by Crippen LogP contribution is 2.33. The minimum absolute atomic E-state index is 0.00543. The Morgan fingerprint density at radius 1 is 1.08 bits per heavy atom. The van der Waals surface area contributed by atoms with Crippen LogP contribution in [0.15, 0.2) is 54.6 Å². The summed E-state index contributed by atoms with van der Waals surface area (Å²) in [5.74, 6) is 0.0823. The normalized spacial score (nSPS) is 12.1. The van der Waals surface area contributed by atoms with Gasteiger partial charge in [0.05, 0.1) is 0 Å². The molecular formula is C20H26N2O2. The molecule has 0 aromatic heterocycles. The highest BCUT2D eigenvalue weighted by Gasteiger charge is 2.20. The highest BCUT2D eigenvalue weighted by molar-refractivity contribution is 5.77. The molecule has 0 bridgehead atoms. The maximum absolute atomic E-state index is 12.3. The van der Waals surface area contributed by atoms with Crippen LogP contribution in [0.5, 0.6) is 5.75 Å². The third-order valence-corrected chi connectivity index (χ3v) is 4.01. The smallest absolute Gasteiger partial charge is 0.220 e. The zero-order chi connectivity index (χ0) is 17.4. The number of phenolic OH excluding ortho intramolecular Hbond substituents is 1. The van der Waals surface area contributed by atoms with Gasteiger partial charge in [0.1, 0.15) is 5.75 Å². The van der Waals surface area contributed by atoms with Gasteiger partial charge in [0, 0.05) is 24.4 Å². The molecule has 4 heteroatoms. The van der Waals surface area contributed by atoms with E-state index in [9.17, 15) is 9.90 Å². The predicted molar refractivity (Wildman–Crippen MR) is 97.2 cm³/mol. The second kappa shape index (κ2) is 9.08. The molecule has 2 N–H and O–H groups in total. The molecule has 2 aromatic rings. The van der Waals surface area contributed by atoms with Gasteiger partial charge in [-0.15, -0.1) is 0 Å². The van der Waals surface area contributed by atoms with Crippen molar-refractivity contribution < 1.29 is 9.90 Å². The van der Waals surface area contributed by atoms with Crippen LogP contribution in [0, 0.1) is 0 Å². The molecule has 128 valence electrons. The summed E-state index contributed by atoms with van der Waals surface area (Å²) in [6, 6.07) is 17.1. The van der Waals surface area contributed by atoms with Gasteiger partial charge in [0.15, 0.2) is 0 Å². The lowest BCUT2D eigenvalue weighted by atomic mass is 9.87. The Labute approximate surface area is 144 Å². The largest absolute Gasteiger partial charge is 0.508 e. The van der Waals surface area contributed by atoms with E-state index in [1.807, 2.05) is 56.6 Å². The number of phenols is 1. The Morgan fingerprint density at radius 3 is 2.42 bits per heavy atom. The minimum atomic E-state index is -0.152. The summed E-state index contributed by atoms with van der Waals surface area (Å²) >= 11 is 0. The van der Waals surface area contributed by atoms with E-state index >= 15 is 0 Å². The first kappa shape index (κ1) is 18.0. The SMILES string of the molecule is CN(C)CCCNC(=O)C[C@@H](c1ccccc1)c1ccccc1O. The Hall–Kier alpha value is -2.33. The van der Waals surface area contributed by atoms with Crippen molar-refractivity contribution in [3.05, 3.63) is 65.7 Å². The molecule has 0 heterocycles. The van der Waals surface area contributed by atoms with Crippen molar-refractivity contribution in [2.24, 2.45) is 0 Å². The lowest BCUT2D eigenvalue weighted by Crippen LogP contribution is -2.28. The first-order chi connectivity index (χ1) is 11.6. The first-order valence-corrected chi connectivity index (χ1v) is 8.32. The standard InChI is InChI=1S/C20H26N2O2/c1-22(2)14-8-13-21-20(24)15-18(16-9-4-3-5-10-16)17-11-6-7-12-19(17)23/h3-7,9-12,18,23H,8,13-15H2,1-2H3,(H,21,24)/t18-/m0/s1. The van der Waals surface area contributed by atoms with Crippen LogP contribution in [0.25, 0.3) is 0 Å². The molecule has 0 spiro atoms. The quantitative estimate of drug-likeness (QED) is 0.733. The fraction of sp³-hybridized carbons (Fsp3) is 0.350. The fourth-order valence-corrected chi connectivity index (χ4v) is 2.76. The number of benzene rings is 2. The Kier molecular flexibility index (Phi) is 6.82. The summed E-state index contributed by atoms with van der Waals surface area (Å²) < 4.78 is 0. The van der Waals surface area contributed by atoms with Crippen LogP contribution >= 0.6 is 0 Å². The van der Waals surface area contributed by atoms with E-state index in [0.717, 1.165) is 24.1 Å². The topological polar surface area (TPSA) is 52.6 Å². The Balaban J connectivity index is 2.07. The van der Waals surface area contributed by atoms with Crippen molar-refractivity contribution >= 4 is 5.91 Å². The number of carbonyl (C=O) groups is 1. The summed E-state index contributed by atoms with van der Waals surface area (Å²) in [6.45, 7) is 1.61. The number of rotatable bonds is 8. The van der Waals surface area contributed by atoms with Gasteiger partial charge in [0.25, 0.3) is 0 Å². The maximum Gasteiger partial charge on any atom is 0.220 e. The summed E-state index contributed by atoms with van der Waals surface area (Å²) in [4.78, 5) is 14.4. The Morgan fingerprint density at radius 2 is 1.75 bits per heavy atom. The molecule has 1 atom stereocenters. The summed E-state index contributed by atoms with van der Waals surface area (Å²) in [7, 11) is 4.04. The lowest BCUT2D eigenvalue weighted by Gasteiger charge is -2.19. The lowest BCUT2D eigenvalue weighted by molar-refractivity contribution is -0.121. The van der Waals surface area contributed by atoms with E-state index in [2.05, 4.69) is 10.2 Å². The molecule has 2 aromatic carbocycles. The third kappa shape index (κ3) is 5.39. The van der Waals surface area contributed by atoms with Gasteiger partial charge in [-0.1, -0.05) is 48.5 Å². The summed E-state index contributed by atoms with van der Waals surface area (Å²) in [5.41, 5.74) is 1.81. The monoisotopic (exact) mass is 326 g/mol. The van der Waals surface area contributed by atoms with Gasteiger partial charge in [-0.25, -0.2) is 0 Å². The van der Waals surface area contributed by atoms with Crippen molar-refractivity contribution in [2.75, 3.05) is 27.2 Å². The van der Waals surface area contributed by atoms with Gasteiger partial charge < -0.3 is 15.3 Å². The summed E-state index contributed by atoms with van der Waals surface area (Å²) in [5, 5.41) is 13.2. The molecule has 1 amide bonds. The molecule has 0 aliphatic rings. The van der Waals surface area contributed by atoms with Crippen LogP contribution < -0.4 is 5.32 Å². The van der Waals surface area contributed by atoms with E-state index in [1.54, 1.807) is 12.1 Å². The van der Waals surface area contributed by atoms with Gasteiger partial charge in [0.2, 0.25) is 5.91 Å². The number of carbonyl (C=O) groups excluding carboxylic acids is 1. The maximum atomic E-state index is 12.3. The minimum Gasteiger partial charge on any atom is -0.508 e. The van der Waals surface area contributed by atoms with E-state index in [0.29, 0.717) is 13.0 Å². The molecule has 0 saturated carbocycles. The fourth-order valence-electron chi connectivity index (χ4n) is 2.76. The van der Waals surface area contributed by atoms with Crippen molar-refractivity contribution in [3.8, 4) is 5.75 Å². The first-order valence-electron chi connectivity index (χ1n) is 8.32. The van der Waals surface area contributed by atoms with Crippen LogP contribution in [-0.4, -0.2) is 43.1 Å². The number of para-hydroxylation sites is 1. The molecule has 0 fully saturated rings. The van der Waals surface area contributed by atoms with Crippen molar-refractivity contribution in [1.29, 1.82) is 0 Å². The number of amides is 1. The molecule has 4 nitrogen and oxygen atoms in total. The van der Waals surface area contributed by atoms with Crippen LogP contribution in [0.2, 0.25) is 0 Å². The second-order valence-corrected chi connectivity index (χ2v) is 6.23. The van der Waals surface area contributed by atoms with E-state index in [-0.39, 0.29) is 17.6 Å². The Bertz CT molecular complexity index is 641. The van der Waals surface area contributed by atoms with Gasteiger partial charge in [-0.3, -0.25) is 4.79 Å². The van der Waals surface area contributed by atoms with Crippen molar-refractivity contribution in [2.45, 2.75) is 18.8 Å². The number of hydrogen-bond acceptors (Lipinski definition) is 3. The number of aromatic hydroxyl groups is 1. The summed E-state index contributed by atoms with van der Waals surface area (Å²) in [6.07, 6.45) is 1.24. The average Bonchev–Trinajstić information content (AvgIpc) is 2.58. The number of hydrogen-bond donors (Lipinski definition) is 2. The molecule has 0 aliphatic carbocycles. The zero-order valence-electron chi connectivity index (χ0n) is 14.4. The molecule has 0 unspecified atom stereocenters. The molecule has 24 heavy (non-hydrogen) atoms. The third-order valence-electron chi connectivity index (χ3n) is 4.01. The van der Waals surface area contributed by atoms with Crippen LogP contribution in [0.1, 0.15) is 29.9 Å².